The number of hydrogen-bond acceptors (Lipinski definition) is 4. The number of fused-ring (bicyclic) bond motifs is 2. The Morgan fingerprint density at radius 2 is 1.76 bits per heavy atom. The minimum absolute atomic E-state index is 0.147. The van der Waals surface area contributed by atoms with Crippen molar-refractivity contribution in [2.45, 2.75) is 20.3 Å². The molecule has 0 fully saturated rings. The van der Waals surface area contributed by atoms with Crippen molar-refractivity contribution in [2.24, 2.45) is 0 Å². The summed E-state index contributed by atoms with van der Waals surface area (Å²) in [6.45, 7) is 4.32. The number of rotatable bonds is 6. The molecule has 0 radical (unpaired) electrons. The van der Waals surface area contributed by atoms with Gasteiger partial charge in [0, 0.05) is 17.4 Å². The standard InChI is InChI=1S/C28H23NO4/c1-17-12-13-24(32-15-14-19-8-4-3-5-9-19)25-21(28(30)31)16-22(29-26(17)25)27-18(2)20-10-6-7-11-23(20)33-27/h3-13,16H,14-15H2,1-2H3,(H,30,31). The zero-order valence-corrected chi connectivity index (χ0v) is 18.5. The Balaban J connectivity index is 1.61. The van der Waals surface area contributed by atoms with Crippen molar-refractivity contribution in [1.29, 1.82) is 0 Å². The Kier molecular flexibility index (Phi) is 5.31. The van der Waals surface area contributed by atoms with E-state index in [1.807, 2.05) is 80.6 Å². The summed E-state index contributed by atoms with van der Waals surface area (Å²) in [6, 6.07) is 23.1. The summed E-state index contributed by atoms with van der Waals surface area (Å²) < 4.78 is 12.1. The van der Waals surface area contributed by atoms with Crippen LogP contribution in [0.3, 0.4) is 0 Å². The molecule has 2 heterocycles. The molecule has 2 aromatic heterocycles. The molecule has 0 amide bonds. The molecule has 164 valence electrons. The summed E-state index contributed by atoms with van der Waals surface area (Å²) in [5, 5.41) is 11.6. The van der Waals surface area contributed by atoms with Crippen LogP contribution in [0.15, 0.2) is 77.2 Å². The maximum absolute atomic E-state index is 12.3. The topological polar surface area (TPSA) is 72.6 Å². The van der Waals surface area contributed by atoms with E-state index in [1.54, 1.807) is 6.07 Å². The molecular formula is C28H23NO4. The fourth-order valence-corrected chi connectivity index (χ4v) is 4.19. The summed E-state index contributed by atoms with van der Waals surface area (Å²) in [5.41, 5.74) is 4.96. The number of nitrogens with zero attached hydrogens (tertiary/aromatic N) is 1. The van der Waals surface area contributed by atoms with Gasteiger partial charge >= 0.3 is 5.97 Å². The molecule has 5 rings (SSSR count). The summed E-state index contributed by atoms with van der Waals surface area (Å²) in [5.74, 6) is 0.0654. The van der Waals surface area contributed by atoms with Gasteiger partial charge in [-0.05, 0) is 43.2 Å². The molecule has 0 spiro atoms. The number of aromatic nitrogens is 1. The van der Waals surface area contributed by atoms with E-state index in [0.717, 1.165) is 34.1 Å². The largest absolute Gasteiger partial charge is 0.493 e. The number of carbonyl (C=O) groups is 1. The molecule has 0 saturated carbocycles. The zero-order chi connectivity index (χ0) is 22.9. The normalized spacial score (nSPS) is 11.2. The average Bonchev–Trinajstić information content (AvgIpc) is 3.17. The molecule has 3 aromatic carbocycles. The van der Waals surface area contributed by atoms with Crippen LogP contribution in [0, 0.1) is 13.8 Å². The van der Waals surface area contributed by atoms with Crippen molar-refractivity contribution in [1.82, 2.24) is 4.98 Å². The average molecular weight is 437 g/mol. The first kappa shape index (κ1) is 20.8. The third kappa shape index (κ3) is 3.82. The Hall–Kier alpha value is -4.12. The Morgan fingerprint density at radius 1 is 1.00 bits per heavy atom. The van der Waals surface area contributed by atoms with Gasteiger partial charge in [0.25, 0.3) is 0 Å². The highest BCUT2D eigenvalue weighted by Gasteiger charge is 2.21. The van der Waals surface area contributed by atoms with E-state index in [2.05, 4.69) is 0 Å². The lowest BCUT2D eigenvalue weighted by molar-refractivity contribution is 0.0698. The molecule has 0 aliphatic rings. The number of para-hydroxylation sites is 1. The fourth-order valence-electron chi connectivity index (χ4n) is 4.19. The first-order chi connectivity index (χ1) is 16.0. The quantitative estimate of drug-likeness (QED) is 0.325. The smallest absolute Gasteiger partial charge is 0.336 e. The van der Waals surface area contributed by atoms with Crippen molar-refractivity contribution < 1.29 is 19.1 Å². The van der Waals surface area contributed by atoms with Crippen LogP contribution in [-0.4, -0.2) is 22.7 Å². The van der Waals surface area contributed by atoms with E-state index < -0.39 is 5.97 Å². The van der Waals surface area contributed by atoms with Crippen molar-refractivity contribution in [3.63, 3.8) is 0 Å². The number of ether oxygens (including phenoxy) is 1. The first-order valence-electron chi connectivity index (χ1n) is 10.9. The van der Waals surface area contributed by atoms with Gasteiger partial charge in [0.2, 0.25) is 0 Å². The van der Waals surface area contributed by atoms with Gasteiger partial charge in [-0.1, -0.05) is 54.6 Å². The maximum atomic E-state index is 12.3. The van der Waals surface area contributed by atoms with E-state index in [1.165, 1.54) is 0 Å². The van der Waals surface area contributed by atoms with Gasteiger partial charge in [-0.3, -0.25) is 0 Å². The maximum Gasteiger partial charge on any atom is 0.336 e. The number of carboxylic acid groups (broad SMARTS) is 1. The number of carboxylic acids is 1. The van der Waals surface area contributed by atoms with Crippen LogP contribution in [0.2, 0.25) is 0 Å². The second kappa shape index (κ2) is 8.43. The first-order valence-corrected chi connectivity index (χ1v) is 10.9. The van der Waals surface area contributed by atoms with Gasteiger partial charge in [0.15, 0.2) is 5.76 Å². The third-order valence-electron chi connectivity index (χ3n) is 5.92. The number of pyridine rings is 1. The van der Waals surface area contributed by atoms with Crippen LogP contribution in [0.25, 0.3) is 33.3 Å². The molecule has 0 saturated heterocycles. The highest BCUT2D eigenvalue weighted by Crippen LogP contribution is 2.37. The minimum atomic E-state index is -1.03. The molecule has 0 bridgehead atoms. The van der Waals surface area contributed by atoms with Gasteiger partial charge in [-0.2, -0.15) is 0 Å². The number of furan rings is 1. The van der Waals surface area contributed by atoms with E-state index >= 15 is 0 Å². The zero-order valence-electron chi connectivity index (χ0n) is 18.5. The Morgan fingerprint density at radius 3 is 2.52 bits per heavy atom. The van der Waals surface area contributed by atoms with Crippen LogP contribution in [0.5, 0.6) is 5.75 Å². The predicted octanol–water partition coefficient (Wildman–Crippen LogP) is 6.58. The van der Waals surface area contributed by atoms with Crippen molar-refractivity contribution in [3.05, 3.63) is 95.1 Å². The van der Waals surface area contributed by atoms with Crippen LogP contribution in [0.1, 0.15) is 27.0 Å². The van der Waals surface area contributed by atoms with Crippen LogP contribution in [0.4, 0.5) is 0 Å². The molecule has 33 heavy (non-hydrogen) atoms. The SMILES string of the molecule is Cc1c(-c2cc(C(=O)O)c3c(OCCc4ccccc4)ccc(C)c3n2)oc2ccccc12. The van der Waals surface area contributed by atoms with Gasteiger partial charge in [-0.25, -0.2) is 9.78 Å². The number of hydrogen-bond donors (Lipinski definition) is 1. The van der Waals surface area contributed by atoms with Crippen LogP contribution < -0.4 is 4.74 Å². The van der Waals surface area contributed by atoms with Crippen molar-refractivity contribution >= 4 is 27.8 Å². The Bertz CT molecular complexity index is 1480. The molecule has 0 atom stereocenters. The van der Waals surface area contributed by atoms with E-state index in [0.29, 0.717) is 34.7 Å². The second-order valence-electron chi connectivity index (χ2n) is 8.10. The van der Waals surface area contributed by atoms with Crippen molar-refractivity contribution in [2.75, 3.05) is 6.61 Å². The molecule has 0 aliphatic carbocycles. The number of aryl methyl sites for hydroxylation is 2. The van der Waals surface area contributed by atoms with Gasteiger partial charge in [-0.15, -0.1) is 0 Å². The Labute approximate surface area is 191 Å². The molecule has 1 N–H and O–H groups in total. The second-order valence-corrected chi connectivity index (χ2v) is 8.10. The molecule has 5 nitrogen and oxygen atoms in total. The highest BCUT2D eigenvalue weighted by molar-refractivity contribution is 6.07. The molecule has 0 unspecified atom stereocenters. The van der Waals surface area contributed by atoms with E-state index in [-0.39, 0.29) is 5.56 Å². The number of aromatic carboxylic acids is 1. The van der Waals surface area contributed by atoms with E-state index in [9.17, 15) is 9.90 Å². The number of benzene rings is 3. The van der Waals surface area contributed by atoms with Crippen LogP contribution in [-0.2, 0) is 6.42 Å². The summed E-state index contributed by atoms with van der Waals surface area (Å²) in [4.78, 5) is 17.1. The molecule has 5 aromatic rings. The molecule has 5 heteroatoms. The lowest BCUT2D eigenvalue weighted by Crippen LogP contribution is -2.06. The summed E-state index contributed by atoms with van der Waals surface area (Å²) >= 11 is 0. The summed E-state index contributed by atoms with van der Waals surface area (Å²) in [6.07, 6.45) is 0.725. The van der Waals surface area contributed by atoms with Gasteiger partial charge in [0.05, 0.1) is 23.1 Å². The van der Waals surface area contributed by atoms with Crippen LogP contribution >= 0.6 is 0 Å². The summed E-state index contributed by atoms with van der Waals surface area (Å²) in [7, 11) is 0. The van der Waals surface area contributed by atoms with Gasteiger partial charge < -0.3 is 14.3 Å². The highest BCUT2D eigenvalue weighted by atomic mass is 16.5. The molecule has 0 aliphatic heterocycles. The third-order valence-corrected chi connectivity index (χ3v) is 5.92. The monoisotopic (exact) mass is 437 g/mol. The van der Waals surface area contributed by atoms with Crippen molar-refractivity contribution in [3.8, 4) is 17.2 Å². The minimum Gasteiger partial charge on any atom is -0.493 e. The lowest BCUT2D eigenvalue weighted by Gasteiger charge is -2.14. The fraction of sp³-hybridized carbons (Fsp3) is 0.143. The van der Waals surface area contributed by atoms with Gasteiger partial charge in [0.1, 0.15) is 17.0 Å². The molecular weight excluding hydrogens is 414 g/mol. The lowest BCUT2D eigenvalue weighted by atomic mass is 10.0. The van der Waals surface area contributed by atoms with E-state index in [4.69, 9.17) is 14.1 Å². The predicted molar refractivity (Wildman–Crippen MR) is 129 cm³/mol.